The second-order valence-electron chi connectivity index (χ2n) is 5.68. The summed E-state index contributed by atoms with van der Waals surface area (Å²) in [5.41, 5.74) is 2.01. The van der Waals surface area contributed by atoms with E-state index in [4.69, 9.17) is 11.6 Å². The number of hydrogen-bond donors (Lipinski definition) is 0. The van der Waals surface area contributed by atoms with Crippen molar-refractivity contribution in [3.63, 3.8) is 0 Å². The van der Waals surface area contributed by atoms with Crippen LogP contribution in [0.1, 0.15) is 31.4 Å². The molecule has 0 saturated heterocycles. The zero-order valence-corrected chi connectivity index (χ0v) is 13.8. The summed E-state index contributed by atoms with van der Waals surface area (Å²) in [4.78, 5) is 0.348. The van der Waals surface area contributed by atoms with Crippen LogP contribution in [0.3, 0.4) is 0 Å². The smallest absolute Gasteiger partial charge is 0.207 e. The molecule has 3 nitrogen and oxygen atoms in total. The third-order valence-corrected chi connectivity index (χ3v) is 6.29. The highest BCUT2D eigenvalue weighted by molar-refractivity contribution is 7.89. The maximum absolute atomic E-state index is 12.6. The quantitative estimate of drug-likeness (QED) is 0.756. The molecule has 0 aromatic heterocycles. The molecule has 1 aliphatic rings. The summed E-state index contributed by atoms with van der Waals surface area (Å²) in [5, 5.41) is 0. The van der Waals surface area contributed by atoms with Crippen LogP contribution in [-0.2, 0) is 22.3 Å². The van der Waals surface area contributed by atoms with Crippen molar-refractivity contribution in [3.8, 4) is 0 Å². The van der Waals surface area contributed by atoms with E-state index >= 15 is 0 Å². The van der Waals surface area contributed by atoms with Crippen LogP contribution >= 0.6 is 11.6 Å². The van der Waals surface area contributed by atoms with Crippen LogP contribution < -0.4 is 0 Å². The van der Waals surface area contributed by atoms with E-state index in [0.29, 0.717) is 29.2 Å². The molecule has 0 N–H and O–H groups in total. The van der Waals surface area contributed by atoms with Crippen molar-refractivity contribution in [1.82, 2.24) is 4.31 Å². The van der Waals surface area contributed by atoms with Crippen LogP contribution in [0, 0.1) is 11.8 Å². The van der Waals surface area contributed by atoms with Crippen molar-refractivity contribution in [2.24, 2.45) is 11.8 Å². The summed E-state index contributed by atoms with van der Waals surface area (Å²) in [5.74, 6) is 1.50. The summed E-state index contributed by atoms with van der Waals surface area (Å²) >= 11 is 5.92. The first-order valence-corrected chi connectivity index (χ1v) is 9.01. The molecule has 1 aromatic carbocycles. The predicted molar refractivity (Wildman–Crippen MR) is 82.5 cm³/mol. The highest BCUT2D eigenvalue weighted by atomic mass is 35.5. The Morgan fingerprint density at radius 1 is 1.35 bits per heavy atom. The lowest BCUT2D eigenvalue weighted by molar-refractivity contribution is 0.444. The van der Waals surface area contributed by atoms with Crippen LogP contribution in [0.15, 0.2) is 23.1 Å². The molecule has 0 aliphatic heterocycles. The topological polar surface area (TPSA) is 37.4 Å². The van der Waals surface area contributed by atoms with E-state index in [1.165, 1.54) is 4.31 Å². The summed E-state index contributed by atoms with van der Waals surface area (Å²) in [6.07, 6.45) is 1.99. The van der Waals surface area contributed by atoms with Crippen molar-refractivity contribution in [1.29, 1.82) is 0 Å². The van der Waals surface area contributed by atoms with E-state index in [-0.39, 0.29) is 0 Å². The summed E-state index contributed by atoms with van der Waals surface area (Å²) in [6.45, 7) is 4.81. The van der Waals surface area contributed by atoms with Gasteiger partial charge in [-0.15, -0.1) is 11.6 Å². The lowest BCUT2D eigenvalue weighted by Crippen LogP contribution is -2.29. The molecule has 5 heteroatoms. The average Bonchev–Trinajstić information content (AvgIpc) is 3.13. The molecule has 1 fully saturated rings. The van der Waals surface area contributed by atoms with Crippen molar-refractivity contribution in [3.05, 3.63) is 29.3 Å². The van der Waals surface area contributed by atoms with Crippen molar-refractivity contribution in [2.45, 2.75) is 37.5 Å². The monoisotopic (exact) mass is 315 g/mol. The van der Waals surface area contributed by atoms with Gasteiger partial charge in [0.15, 0.2) is 0 Å². The molecular formula is C15H22ClNO2S. The highest BCUT2D eigenvalue weighted by Crippen LogP contribution is 2.38. The molecule has 1 saturated carbocycles. The minimum absolute atomic E-state index is 0.343. The van der Waals surface area contributed by atoms with Gasteiger partial charge in [0, 0.05) is 19.5 Å². The van der Waals surface area contributed by atoms with E-state index in [0.717, 1.165) is 24.0 Å². The van der Waals surface area contributed by atoms with Gasteiger partial charge in [0.2, 0.25) is 10.0 Å². The second kappa shape index (κ2) is 6.04. The Morgan fingerprint density at radius 3 is 2.50 bits per heavy atom. The standard InChI is InChI=1S/C15H22ClNO2S/c1-4-12-5-6-15(8-13(12)9-16)20(18,19)17(3)10-14-7-11(14)2/h5-6,8,11,14H,4,7,9-10H2,1-3H3. The summed E-state index contributed by atoms with van der Waals surface area (Å²) in [6, 6.07) is 5.28. The van der Waals surface area contributed by atoms with E-state index < -0.39 is 10.0 Å². The molecule has 0 amide bonds. The SMILES string of the molecule is CCc1ccc(S(=O)(=O)N(C)CC2CC2C)cc1CCl. The minimum atomic E-state index is -3.40. The summed E-state index contributed by atoms with van der Waals surface area (Å²) in [7, 11) is -1.74. The molecule has 0 radical (unpaired) electrons. The van der Waals surface area contributed by atoms with Crippen LogP contribution in [0.25, 0.3) is 0 Å². The van der Waals surface area contributed by atoms with Gasteiger partial charge in [0.05, 0.1) is 4.90 Å². The molecule has 2 rings (SSSR count). The zero-order chi connectivity index (χ0) is 14.9. The van der Waals surface area contributed by atoms with Crippen LogP contribution in [0.4, 0.5) is 0 Å². The molecule has 112 valence electrons. The predicted octanol–water partition coefficient (Wildman–Crippen LogP) is 3.26. The molecule has 0 heterocycles. The molecule has 20 heavy (non-hydrogen) atoms. The third kappa shape index (κ3) is 3.18. The van der Waals surface area contributed by atoms with Gasteiger partial charge in [-0.1, -0.05) is 19.9 Å². The van der Waals surface area contributed by atoms with Crippen molar-refractivity contribution in [2.75, 3.05) is 13.6 Å². The minimum Gasteiger partial charge on any atom is -0.207 e. The normalized spacial score (nSPS) is 22.2. The van der Waals surface area contributed by atoms with E-state index in [1.54, 1.807) is 19.2 Å². The van der Waals surface area contributed by atoms with Gasteiger partial charge in [-0.25, -0.2) is 12.7 Å². The number of alkyl halides is 1. The first kappa shape index (κ1) is 15.8. The number of rotatable bonds is 6. The fraction of sp³-hybridized carbons (Fsp3) is 0.600. The van der Waals surface area contributed by atoms with Gasteiger partial charge in [-0.2, -0.15) is 0 Å². The van der Waals surface area contributed by atoms with Gasteiger partial charge >= 0.3 is 0 Å². The molecule has 1 aromatic rings. The summed E-state index contributed by atoms with van der Waals surface area (Å²) < 4.78 is 26.6. The number of sulfonamides is 1. The van der Waals surface area contributed by atoms with Crippen LogP contribution in [-0.4, -0.2) is 26.3 Å². The fourth-order valence-corrected chi connectivity index (χ4v) is 4.02. The van der Waals surface area contributed by atoms with Gasteiger partial charge < -0.3 is 0 Å². The van der Waals surface area contributed by atoms with Crippen molar-refractivity contribution >= 4 is 21.6 Å². The van der Waals surface area contributed by atoms with Gasteiger partial charge in [0.25, 0.3) is 0 Å². The van der Waals surface area contributed by atoms with E-state index in [1.807, 2.05) is 13.0 Å². The van der Waals surface area contributed by atoms with Crippen LogP contribution in [0.5, 0.6) is 0 Å². The molecular weight excluding hydrogens is 294 g/mol. The Kier molecular flexibility index (Phi) is 4.77. The average molecular weight is 316 g/mol. The maximum atomic E-state index is 12.6. The number of aryl methyl sites for hydroxylation is 1. The zero-order valence-electron chi connectivity index (χ0n) is 12.3. The fourth-order valence-electron chi connectivity index (χ4n) is 2.49. The molecule has 0 spiro atoms. The Hall–Kier alpha value is -0.580. The molecule has 1 aliphatic carbocycles. The Balaban J connectivity index is 2.24. The molecule has 2 unspecified atom stereocenters. The molecule has 0 bridgehead atoms. The lowest BCUT2D eigenvalue weighted by Gasteiger charge is -2.18. The highest BCUT2D eigenvalue weighted by Gasteiger charge is 2.36. The number of halogens is 1. The maximum Gasteiger partial charge on any atom is 0.242 e. The largest absolute Gasteiger partial charge is 0.242 e. The van der Waals surface area contributed by atoms with Gasteiger partial charge in [0.1, 0.15) is 0 Å². The van der Waals surface area contributed by atoms with Crippen LogP contribution in [0.2, 0.25) is 0 Å². The third-order valence-electron chi connectivity index (χ3n) is 4.18. The Bertz CT molecular complexity index is 586. The lowest BCUT2D eigenvalue weighted by atomic mass is 10.1. The van der Waals surface area contributed by atoms with Crippen molar-refractivity contribution < 1.29 is 8.42 Å². The van der Waals surface area contributed by atoms with Gasteiger partial charge in [-0.05, 0) is 47.9 Å². The Labute approximate surface area is 127 Å². The number of hydrogen-bond acceptors (Lipinski definition) is 2. The van der Waals surface area contributed by atoms with E-state index in [9.17, 15) is 8.42 Å². The molecule has 2 atom stereocenters. The Morgan fingerprint density at radius 2 is 2.00 bits per heavy atom. The first-order chi connectivity index (χ1) is 9.40. The number of benzene rings is 1. The van der Waals surface area contributed by atoms with Gasteiger partial charge in [-0.3, -0.25) is 0 Å². The number of nitrogens with zero attached hydrogens (tertiary/aromatic N) is 1. The first-order valence-electron chi connectivity index (χ1n) is 7.04. The second-order valence-corrected chi connectivity index (χ2v) is 7.99. The van der Waals surface area contributed by atoms with E-state index in [2.05, 4.69) is 6.92 Å².